The first-order valence-corrected chi connectivity index (χ1v) is 5.34. The lowest BCUT2D eigenvalue weighted by Gasteiger charge is -2.22. The van der Waals surface area contributed by atoms with E-state index in [0.717, 1.165) is 12.1 Å². The lowest BCUT2D eigenvalue weighted by molar-refractivity contribution is -0.137. The van der Waals surface area contributed by atoms with Gasteiger partial charge in [0.15, 0.2) is 0 Å². The van der Waals surface area contributed by atoms with Gasteiger partial charge in [-0.15, -0.1) is 0 Å². The molecule has 0 bridgehead atoms. The van der Waals surface area contributed by atoms with Gasteiger partial charge in [-0.1, -0.05) is 26.0 Å². The summed E-state index contributed by atoms with van der Waals surface area (Å²) >= 11 is 0. The molecule has 3 N–H and O–H groups in total. The monoisotopic (exact) mass is 247 g/mol. The first kappa shape index (κ1) is 14.0. The second-order valence-corrected chi connectivity index (χ2v) is 4.38. The van der Waals surface area contributed by atoms with E-state index in [2.05, 4.69) is 0 Å². The van der Waals surface area contributed by atoms with E-state index in [1.807, 2.05) is 0 Å². The molecule has 1 aromatic rings. The van der Waals surface area contributed by atoms with Gasteiger partial charge in [-0.25, -0.2) is 0 Å². The number of hydrogen-bond acceptors (Lipinski definition) is 2. The summed E-state index contributed by atoms with van der Waals surface area (Å²) in [6, 6.07) is 3.89. The summed E-state index contributed by atoms with van der Waals surface area (Å²) in [4.78, 5) is 0. The van der Waals surface area contributed by atoms with Crippen LogP contribution in [0.1, 0.15) is 31.0 Å². The van der Waals surface area contributed by atoms with Gasteiger partial charge in [0.2, 0.25) is 0 Å². The van der Waals surface area contributed by atoms with Gasteiger partial charge in [-0.05, 0) is 23.6 Å². The average molecular weight is 247 g/mol. The molecule has 0 amide bonds. The van der Waals surface area contributed by atoms with Gasteiger partial charge in [0.25, 0.3) is 0 Å². The second-order valence-electron chi connectivity index (χ2n) is 4.38. The highest BCUT2D eigenvalue weighted by atomic mass is 19.4. The lowest BCUT2D eigenvalue weighted by Crippen LogP contribution is -2.30. The van der Waals surface area contributed by atoms with Crippen LogP contribution in [-0.2, 0) is 6.18 Å². The van der Waals surface area contributed by atoms with E-state index in [1.54, 1.807) is 13.8 Å². The molecule has 0 aliphatic heterocycles. The van der Waals surface area contributed by atoms with Gasteiger partial charge < -0.3 is 10.8 Å². The van der Waals surface area contributed by atoms with Crippen molar-refractivity contribution < 1.29 is 18.3 Å². The quantitative estimate of drug-likeness (QED) is 0.862. The maximum Gasteiger partial charge on any atom is 0.416 e. The first-order valence-electron chi connectivity index (χ1n) is 5.34. The van der Waals surface area contributed by atoms with Crippen molar-refractivity contribution in [3.05, 3.63) is 35.4 Å². The van der Waals surface area contributed by atoms with Crippen LogP contribution in [0.3, 0.4) is 0 Å². The van der Waals surface area contributed by atoms with E-state index >= 15 is 0 Å². The number of aliphatic hydroxyl groups is 1. The Bertz CT molecular complexity index is 359. The number of hydrogen-bond donors (Lipinski definition) is 2. The van der Waals surface area contributed by atoms with Gasteiger partial charge in [-0.3, -0.25) is 0 Å². The molecule has 0 unspecified atom stereocenters. The van der Waals surface area contributed by atoms with Crippen LogP contribution < -0.4 is 5.73 Å². The third-order valence-corrected chi connectivity index (χ3v) is 2.67. The van der Waals surface area contributed by atoms with Gasteiger partial charge in [0.1, 0.15) is 0 Å². The van der Waals surface area contributed by atoms with Crippen molar-refractivity contribution in [1.82, 2.24) is 0 Å². The normalized spacial score (nSPS) is 16.0. The summed E-state index contributed by atoms with van der Waals surface area (Å²) in [5.41, 5.74) is 5.55. The van der Waals surface area contributed by atoms with Crippen molar-refractivity contribution in [1.29, 1.82) is 0 Å². The molecule has 0 aromatic heterocycles. The summed E-state index contributed by atoms with van der Waals surface area (Å²) < 4.78 is 37.0. The third kappa shape index (κ3) is 3.44. The highest BCUT2D eigenvalue weighted by Gasteiger charge is 2.30. The largest absolute Gasteiger partial charge is 0.416 e. The van der Waals surface area contributed by atoms with E-state index in [9.17, 15) is 18.3 Å². The van der Waals surface area contributed by atoms with Crippen LogP contribution in [0, 0.1) is 5.92 Å². The summed E-state index contributed by atoms with van der Waals surface area (Å²) in [7, 11) is 0. The number of aliphatic hydroxyl groups excluding tert-OH is 1. The molecule has 2 nitrogen and oxygen atoms in total. The van der Waals surface area contributed by atoms with Gasteiger partial charge in [-0.2, -0.15) is 13.2 Å². The van der Waals surface area contributed by atoms with Crippen molar-refractivity contribution in [2.75, 3.05) is 0 Å². The van der Waals surface area contributed by atoms with E-state index < -0.39 is 23.9 Å². The molecular weight excluding hydrogens is 231 g/mol. The molecule has 0 fully saturated rings. The Morgan fingerprint density at radius 3 is 1.94 bits per heavy atom. The van der Waals surface area contributed by atoms with Crippen molar-refractivity contribution in [2.45, 2.75) is 32.2 Å². The molecule has 0 aliphatic carbocycles. The SMILES string of the molecule is CC(C)[C@H](O)[C@H](N)c1ccc(C(F)(F)F)cc1. The van der Waals surface area contributed by atoms with E-state index in [4.69, 9.17) is 5.73 Å². The van der Waals surface area contributed by atoms with Crippen LogP contribution in [0.4, 0.5) is 13.2 Å². The highest BCUT2D eigenvalue weighted by Crippen LogP contribution is 2.30. The number of rotatable bonds is 3. The smallest absolute Gasteiger partial charge is 0.391 e. The maximum absolute atomic E-state index is 12.3. The third-order valence-electron chi connectivity index (χ3n) is 2.67. The standard InChI is InChI=1S/C12H16F3NO/c1-7(2)11(17)10(16)8-3-5-9(6-4-8)12(13,14)15/h3-7,10-11,17H,16H2,1-2H3/t10-,11+/m1/s1. The molecule has 0 spiro atoms. The van der Waals surface area contributed by atoms with Gasteiger partial charge in [0.05, 0.1) is 17.7 Å². The predicted molar refractivity (Wildman–Crippen MR) is 59.2 cm³/mol. The zero-order valence-corrected chi connectivity index (χ0v) is 9.70. The Kier molecular flexibility index (Phi) is 4.16. The van der Waals surface area contributed by atoms with E-state index in [0.29, 0.717) is 5.56 Å². The first-order chi connectivity index (χ1) is 7.73. The minimum Gasteiger partial charge on any atom is -0.391 e. The Morgan fingerprint density at radius 2 is 1.59 bits per heavy atom. The predicted octanol–water partition coefficient (Wildman–Crippen LogP) is 2.72. The lowest BCUT2D eigenvalue weighted by atomic mass is 9.94. The molecule has 2 atom stereocenters. The maximum atomic E-state index is 12.3. The highest BCUT2D eigenvalue weighted by molar-refractivity contribution is 5.27. The Balaban J connectivity index is 2.88. The number of alkyl halides is 3. The van der Waals surface area contributed by atoms with Crippen molar-refractivity contribution >= 4 is 0 Å². The van der Waals surface area contributed by atoms with Gasteiger partial charge in [0, 0.05) is 0 Å². The second kappa shape index (κ2) is 5.06. The fraction of sp³-hybridized carbons (Fsp3) is 0.500. The minimum atomic E-state index is -4.35. The summed E-state index contributed by atoms with van der Waals surface area (Å²) in [5, 5.41) is 9.73. The van der Waals surface area contributed by atoms with Crippen LogP contribution >= 0.6 is 0 Å². The molecule has 96 valence electrons. The number of nitrogens with two attached hydrogens (primary N) is 1. The van der Waals surface area contributed by atoms with Crippen LogP contribution in [0.2, 0.25) is 0 Å². The molecule has 17 heavy (non-hydrogen) atoms. The summed E-state index contributed by atoms with van der Waals surface area (Å²) in [6.07, 6.45) is -5.12. The molecule has 1 aromatic carbocycles. The number of halogens is 3. The van der Waals surface area contributed by atoms with E-state index in [1.165, 1.54) is 12.1 Å². The van der Waals surface area contributed by atoms with Crippen molar-refractivity contribution in [3.8, 4) is 0 Å². The van der Waals surface area contributed by atoms with Crippen molar-refractivity contribution in [3.63, 3.8) is 0 Å². The molecule has 1 rings (SSSR count). The van der Waals surface area contributed by atoms with E-state index in [-0.39, 0.29) is 5.92 Å². The summed E-state index contributed by atoms with van der Waals surface area (Å²) in [6.45, 7) is 3.60. The van der Waals surface area contributed by atoms with Crippen LogP contribution in [0.5, 0.6) is 0 Å². The fourth-order valence-corrected chi connectivity index (χ4v) is 1.51. The average Bonchev–Trinajstić information content (AvgIpc) is 2.26. The Hall–Kier alpha value is -1.07. The fourth-order valence-electron chi connectivity index (χ4n) is 1.51. The molecule has 0 saturated carbocycles. The Morgan fingerprint density at radius 1 is 1.12 bits per heavy atom. The van der Waals surface area contributed by atoms with Crippen LogP contribution in [0.25, 0.3) is 0 Å². The minimum absolute atomic E-state index is 0.0488. The topological polar surface area (TPSA) is 46.2 Å². The zero-order valence-electron chi connectivity index (χ0n) is 9.70. The van der Waals surface area contributed by atoms with Gasteiger partial charge >= 0.3 is 6.18 Å². The number of benzene rings is 1. The van der Waals surface area contributed by atoms with Crippen LogP contribution in [-0.4, -0.2) is 11.2 Å². The molecule has 0 aliphatic rings. The Labute approximate surface area is 98.3 Å². The molecule has 0 heterocycles. The zero-order chi connectivity index (χ0) is 13.2. The molecule has 0 saturated heterocycles. The molecular formula is C12H16F3NO. The molecule has 0 radical (unpaired) electrons. The molecule has 5 heteroatoms. The van der Waals surface area contributed by atoms with Crippen molar-refractivity contribution in [2.24, 2.45) is 11.7 Å². The summed E-state index contributed by atoms with van der Waals surface area (Å²) in [5.74, 6) is -0.0488. The van der Waals surface area contributed by atoms with Crippen LogP contribution in [0.15, 0.2) is 24.3 Å².